The Kier molecular flexibility index (Phi) is 16.0. The third-order valence-electron chi connectivity index (χ3n) is 20.9. The summed E-state index contributed by atoms with van der Waals surface area (Å²) in [7, 11) is 0. The van der Waals surface area contributed by atoms with E-state index in [9.17, 15) is 0 Å². The molecule has 0 spiro atoms. The molecule has 2 aromatic heterocycles. The number of hydrogen-bond donors (Lipinski definition) is 0. The summed E-state index contributed by atoms with van der Waals surface area (Å²) in [5, 5.41) is 3.04. The molecule has 7 aromatic rings. The molecule has 5 fully saturated rings. The quantitative estimate of drug-likeness (QED) is 0.101. The van der Waals surface area contributed by atoms with Gasteiger partial charge in [0.1, 0.15) is 0 Å². The molecule has 0 aliphatic heterocycles. The van der Waals surface area contributed by atoms with Gasteiger partial charge in [-0.1, -0.05) is 194 Å². The molecule has 0 amide bonds. The van der Waals surface area contributed by atoms with Gasteiger partial charge >= 0.3 is 0 Å². The van der Waals surface area contributed by atoms with Crippen LogP contribution in [0.15, 0.2) is 82.4 Å². The Morgan fingerprint density at radius 3 is 1.00 bits per heavy atom. The average molecular weight is 1040 g/mol. The van der Waals surface area contributed by atoms with E-state index in [1.54, 1.807) is 5.56 Å². The second kappa shape index (κ2) is 23.3. The molecule has 12 rings (SSSR count). The average Bonchev–Trinajstić information content (AvgIpc) is 4.14. The van der Waals surface area contributed by atoms with Gasteiger partial charge < -0.3 is 9.13 Å². The van der Waals surface area contributed by atoms with Crippen LogP contribution >= 0.6 is 0 Å². The van der Waals surface area contributed by atoms with Crippen LogP contribution in [0.25, 0.3) is 55.0 Å². The third kappa shape index (κ3) is 10.3. The van der Waals surface area contributed by atoms with Crippen LogP contribution in [0.1, 0.15) is 313 Å². The number of aromatic nitrogens is 2. The first-order valence-electron chi connectivity index (χ1n) is 32.5. The molecule has 0 radical (unpaired) electrons. The highest BCUT2D eigenvalue weighted by Crippen LogP contribution is 2.48. The van der Waals surface area contributed by atoms with Crippen LogP contribution in [0, 0.1) is 0 Å². The summed E-state index contributed by atoms with van der Waals surface area (Å²) in [6, 6.07) is 28.9. The molecule has 0 N–H and O–H groups in total. The molecule has 4 heteroatoms. The molecular formula is C74H94N2O2. The van der Waals surface area contributed by atoms with Crippen molar-refractivity contribution in [3.8, 4) is 11.4 Å². The molecule has 0 unspecified atom stereocenters. The van der Waals surface area contributed by atoms with Gasteiger partial charge in [0.05, 0.1) is 33.4 Å². The van der Waals surface area contributed by atoms with E-state index >= 15 is 9.59 Å². The highest BCUT2D eigenvalue weighted by Gasteiger charge is 2.32. The minimum Gasteiger partial charge on any atom is -0.308 e. The predicted molar refractivity (Wildman–Crippen MR) is 333 cm³/mol. The lowest BCUT2D eigenvalue weighted by molar-refractivity contribution is 0.444. The molecule has 0 bridgehead atoms. The maximum absolute atomic E-state index is 16.2. The zero-order valence-electron chi connectivity index (χ0n) is 49.1. The molecule has 412 valence electrons. The zero-order chi connectivity index (χ0) is 53.6. The molecule has 5 aliphatic rings. The van der Waals surface area contributed by atoms with Gasteiger partial charge in [-0.15, -0.1) is 0 Å². The maximum Gasteiger partial charge on any atom is 0.197 e. The van der Waals surface area contributed by atoms with E-state index in [0.717, 1.165) is 43.6 Å². The van der Waals surface area contributed by atoms with E-state index < -0.39 is 0 Å². The van der Waals surface area contributed by atoms with Crippen LogP contribution in [0.4, 0.5) is 0 Å². The summed E-state index contributed by atoms with van der Waals surface area (Å²) in [5.74, 6) is 3.28. The van der Waals surface area contributed by atoms with Gasteiger partial charge in [0.2, 0.25) is 0 Å². The largest absolute Gasteiger partial charge is 0.308 e. The topological polar surface area (TPSA) is 44.0 Å². The standard InChI is InChI=1S/C74H94N2O2/c1-47(2)57-39-61(48(3)4)71(62(40-57)49(5)6)75-67-43-55(50-25-21-13-22-26-50)35-37-59(67)73(77)65-46-70-66(45-69(65)75)74(78)60-38-36-56(51-27-23-14-24-28-51)44-68(60)76(70)72-63(53-31-17-9-10-18-32-53)41-58(52-29-15-7-8-16-30-52)42-64(72)54-33-19-11-12-20-34-54/h35-54H,7-34H2,1-6H3. The monoisotopic (exact) mass is 1040 g/mol. The lowest BCUT2D eigenvalue weighted by Crippen LogP contribution is -2.19. The van der Waals surface area contributed by atoms with Crippen LogP contribution in [0.2, 0.25) is 0 Å². The summed E-state index contributed by atoms with van der Waals surface area (Å²) in [5.41, 5.74) is 17.9. The van der Waals surface area contributed by atoms with Crippen LogP contribution < -0.4 is 10.9 Å². The number of fused-ring (bicyclic) bond motifs is 4. The summed E-state index contributed by atoms with van der Waals surface area (Å²) in [4.78, 5) is 32.3. The SMILES string of the molecule is CC(C)c1cc(C(C)C)c(-n2c3cc(C4CCCCC4)ccc3c(=O)c3cc4c(cc32)c(=O)c2ccc(C3CCCCC3)cc2n4-c2c(C3CCCCCC3)cc(C3CCCCCC3)cc2C2CCCCCC2)c(C(C)C)c1. The molecule has 4 nitrogen and oxygen atoms in total. The summed E-state index contributed by atoms with van der Waals surface area (Å²) in [6.07, 6.45) is 35.5. The molecule has 0 atom stereocenters. The number of benzene rings is 5. The van der Waals surface area contributed by atoms with E-state index in [1.807, 2.05) is 0 Å². The van der Waals surface area contributed by atoms with Crippen molar-refractivity contribution in [3.63, 3.8) is 0 Å². The first kappa shape index (κ1) is 53.7. The maximum atomic E-state index is 16.2. The van der Waals surface area contributed by atoms with Crippen molar-refractivity contribution in [2.24, 2.45) is 0 Å². The molecular weight excluding hydrogens is 949 g/mol. The summed E-state index contributed by atoms with van der Waals surface area (Å²) >= 11 is 0. The first-order chi connectivity index (χ1) is 38.0. The third-order valence-corrected chi connectivity index (χ3v) is 20.9. The van der Waals surface area contributed by atoms with Gasteiger partial charge in [-0.3, -0.25) is 9.59 Å². The molecule has 5 aromatic carbocycles. The fourth-order valence-electron chi connectivity index (χ4n) is 16.4. The molecule has 78 heavy (non-hydrogen) atoms. The van der Waals surface area contributed by atoms with Gasteiger partial charge in [-0.25, -0.2) is 0 Å². The van der Waals surface area contributed by atoms with Crippen LogP contribution in [0.5, 0.6) is 0 Å². The summed E-state index contributed by atoms with van der Waals surface area (Å²) in [6.45, 7) is 14.0. The Hall–Kier alpha value is -4.96. The Labute approximate surface area is 468 Å². The fourth-order valence-corrected chi connectivity index (χ4v) is 16.4. The smallest absolute Gasteiger partial charge is 0.197 e. The number of nitrogens with zero attached hydrogens (tertiary/aromatic N) is 2. The van der Waals surface area contributed by atoms with Crippen LogP contribution in [0.3, 0.4) is 0 Å². The van der Waals surface area contributed by atoms with Gasteiger partial charge in [0, 0.05) is 21.5 Å². The van der Waals surface area contributed by atoms with E-state index in [1.165, 1.54) is 230 Å². The lowest BCUT2D eigenvalue weighted by atomic mass is 9.79. The van der Waals surface area contributed by atoms with Crippen molar-refractivity contribution in [2.45, 2.75) is 269 Å². The van der Waals surface area contributed by atoms with Gasteiger partial charge in [-0.05, 0) is 192 Å². The zero-order valence-corrected chi connectivity index (χ0v) is 49.1. The van der Waals surface area contributed by atoms with Crippen molar-refractivity contribution < 1.29 is 0 Å². The van der Waals surface area contributed by atoms with E-state index in [2.05, 4.69) is 123 Å². The van der Waals surface area contributed by atoms with Gasteiger partial charge in [0.25, 0.3) is 0 Å². The number of pyridine rings is 2. The van der Waals surface area contributed by atoms with Gasteiger partial charge in [-0.2, -0.15) is 0 Å². The summed E-state index contributed by atoms with van der Waals surface area (Å²) < 4.78 is 5.16. The van der Waals surface area contributed by atoms with E-state index in [-0.39, 0.29) is 22.7 Å². The molecule has 5 saturated carbocycles. The molecule has 2 heterocycles. The Morgan fingerprint density at radius 1 is 0.321 bits per heavy atom. The van der Waals surface area contributed by atoms with E-state index in [4.69, 9.17) is 0 Å². The van der Waals surface area contributed by atoms with Crippen molar-refractivity contribution in [3.05, 3.63) is 138 Å². The van der Waals surface area contributed by atoms with Gasteiger partial charge in [0.15, 0.2) is 10.9 Å². The van der Waals surface area contributed by atoms with Crippen LogP contribution in [-0.4, -0.2) is 9.13 Å². The van der Waals surface area contributed by atoms with E-state index in [0.29, 0.717) is 35.5 Å². The number of hydrogen-bond acceptors (Lipinski definition) is 2. The van der Waals surface area contributed by atoms with Crippen LogP contribution in [-0.2, 0) is 0 Å². The Bertz CT molecular complexity index is 3350. The van der Waals surface area contributed by atoms with Crippen molar-refractivity contribution in [1.29, 1.82) is 0 Å². The minimum absolute atomic E-state index is 0.0797. The molecule has 5 aliphatic carbocycles. The first-order valence-corrected chi connectivity index (χ1v) is 32.5. The normalized spacial score (nSPS) is 19.7. The number of rotatable bonds is 10. The van der Waals surface area contributed by atoms with Crippen molar-refractivity contribution in [2.75, 3.05) is 0 Å². The highest BCUT2D eigenvalue weighted by molar-refractivity contribution is 6.06. The minimum atomic E-state index is 0.0797. The molecule has 0 saturated heterocycles. The Morgan fingerprint density at radius 2 is 0.641 bits per heavy atom. The second-order valence-electron chi connectivity index (χ2n) is 27.1. The second-order valence-corrected chi connectivity index (χ2v) is 27.1. The fraction of sp³-hybridized carbons (Fsp3) is 0.568. The Balaban J connectivity index is 1.25. The predicted octanol–water partition coefficient (Wildman–Crippen LogP) is 21.4. The lowest BCUT2D eigenvalue weighted by Gasteiger charge is -2.31. The van der Waals surface area contributed by atoms with Crippen molar-refractivity contribution in [1.82, 2.24) is 9.13 Å². The van der Waals surface area contributed by atoms with Crippen molar-refractivity contribution >= 4 is 43.6 Å². The highest BCUT2D eigenvalue weighted by atomic mass is 16.1.